The van der Waals surface area contributed by atoms with Crippen molar-refractivity contribution in [2.24, 2.45) is 0 Å². The third-order valence-corrected chi connectivity index (χ3v) is 6.04. The molecule has 0 amide bonds. The average Bonchev–Trinajstić information content (AvgIpc) is 3.22. The summed E-state index contributed by atoms with van der Waals surface area (Å²) in [5.41, 5.74) is 3.26. The molecule has 0 saturated carbocycles. The van der Waals surface area contributed by atoms with Gasteiger partial charge in [0.25, 0.3) is 0 Å². The van der Waals surface area contributed by atoms with Crippen molar-refractivity contribution in [2.75, 3.05) is 11.1 Å². The van der Waals surface area contributed by atoms with E-state index >= 15 is 0 Å². The third kappa shape index (κ3) is 4.11. The van der Waals surface area contributed by atoms with Gasteiger partial charge in [-0.2, -0.15) is 4.98 Å². The van der Waals surface area contributed by atoms with E-state index in [-0.39, 0.29) is 0 Å². The highest BCUT2D eigenvalue weighted by Gasteiger charge is 2.28. The highest BCUT2D eigenvalue weighted by atomic mass is 35.5. The van der Waals surface area contributed by atoms with Crippen LogP contribution >= 0.6 is 23.4 Å². The van der Waals surface area contributed by atoms with Gasteiger partial charge >= 0.3 is 0 Å². The molecule has 31 heavy (non-hydrogen) atoms. The number of halogens is 1. The Balaban J connectivity index is 1.53. The zero-order valence-corrected chi connectivity index (χ0v) is 18.3. The van der Waals surface area contributed by atoms with Crippen LogP contribution in [-0.4, -0.2) is 20.9 Å². The maximum absolute atomic E-state index is 6.26. The Morgan fingerprint density at radius 2 is 1.97 bits per heavy atom. The molecular weight excluding hydrogens is 432 g/mol. The van der Waals surface area contributed by atoms with Crippen LogP contribution in [0.4, 0.5) is 5.69 Å². The molecular formula is C23H19ClN4O2S. The number of thioether (sulfide) groups is 1. The van der Waals surface area contributed by atoms with Crippen LogP contribution in [0.15, 0.2) is 70.2 Å². The first-order valence-corrected chi connectivity index (χ1v) is 11.3. The summed E-state index contributed by atoms with van der Waals surface area (Å²) in [6.45, 7) is 2.12. The molecule has 156 valence electrons. The molecule has 0 bridgehead atoms. The molecule has 2 aromatic heterocycles. The van der Waals surface area contributed by atoms with Crippen molar-refractivity contribution in [3.8, 4) is 28.5 Å². The van der Waals surface area contributed by atoms with Crippen LogP contribution < -0.4 is 10.1 Å². The van der Waals surface area contributed by atoms with Crippen molar-refractivity contribution in [1.29, 1.82) is 0 Å². The van der Waals surface area contributed by atoms with Gasteiger partial charge in [-0.15, -0.1) is 10.2 Å². The molecule has 1 aliphatic rings. The Kier molecular flexibility index (Phi) is 5.53. The molecule has 4 aromatic rings. The number of benzene rings is 2. The van der Waals surface area contributed by atoms with Gasteiger partial charge in [-0.05, 0) is 36.8 Å². The summed E-state index contributed by atoms with van der Waals surface area (Å²) in [6.07, 6.45) is 0.452. The van der Waals surface area contributed by atoms with Gasteiger partial charge in [0.15, 0.2) is 11.5 Å². The van der Waals surface area contributed by atoms with Crippen molar-refractivity contribution >= 4 is 29.1 Å². The molecule has 3 heterocycles. The lowest BCUT2D eigenvalue weighted by molar-refractivity contribution is 0.196. The zero-order valence-electron chi connectivity index (χ0n) is 16.7. The van der Waals surface area contributed by atoms with Crippen molar-refractivity contribution in [3.63, 3.8) is 0 Å². The molecule has 1 aliphatic heterocycles. The second-order valence-corrected chi connectivity index (χ2v) is 8.50. The molecule has 1 atom stereocenters. The fraction of sp³-hybridized carbons (Fsp3) is 0.174. The minimum atomic E-state index is -0.573. The monoisotopic (exact) mass is 450 g/mol. The van der Waals surface area contributed by atoms with Crippen LogP contribution in [0.25, 0.3) is 22.6 Å². The normalized spacial score (nSPS) is 14.7. The predicted molar refractivity (Wildman–Crippen MR) is 122 cm³/mol. The van der Waals surface area contributed by atoms with Crippen molar-refractivity contribution in [1.82, 2.24) is 15.2 Å². The first-order chi connectivity index (χ1) is 15.2. The second-order valence-electron chi connectivity index (χ2n) is 7.00. The van der Waals surface area contributed by atoms with Gasteiger partial charge < -0.3 is 14.5 Å². The lowest BCUT2D eigenvalue weighted by Gasteiger charge is -2.16. The van der Waals surface area contributed by atoms with E-state index in [1.54, 1.807) is 11.8 Å². The Morgan fingerprint density at radius 3 is 2.84 bits per heavy atom. The van der Waals surface area contributed by atoms with Crippen LogP contribution in [0.5, 0.6) is 5.88 Å². The Bertz CT molecular complexity index is 1230. The maximum atomic E-state index is 6.26. The van der Waals surface area contributed by atoms with Crippen LogP contribution in [0.2, 0.25) is 5.02 Å². The summed E-state index contributed by atoms with van der Waals surface area (Å²) >= 11 is 7.69. The average molecular weight is 451 g/mol. The molecule has 0 radical (unpaired) electrons. The molecule has 2 aromatic carbocycles. The summed E-state index contributed by atoms with van der Waals surface area (Å²) < 4.78 is 12.4. The number of para-hydroxylation sites is 1. The lowest BCUT2D eigenvalue weighted by Crippen LogP contribution is -2.16. The molecule has 0 saturated heterocycles. The molecule has 6 nitrogen and oxygen atoms in total. The quantitative estimate of drug-likeness (QED) is 0.350. The van der Waals surface area contributed by atoms with Gasteiger partial charge in [0.2, 0.25) is 17.3 Å². The van der Waals surface area contributed by atoms with E-state index < -0.39 is 6.23 Å². The highest BCUT2D eigenvalue weighted by molar-refractivity contribution is 7.99. The second kappa shape index (κ2) is 8.61. The van der Waals surface area contributed by atoms with Crippen LogP contribution in [0.1, 0.15) is 25.3 Å². The van der Waals surface area contributed by atoms with Crippen LogP contribution in [0.3, 0.4) is 0 Å². The van der Waals surface area contributed by atoms with E-state index in [0.717, 1.165) is 29.0 Å². The zero-order chi connectivity index (χ0) is 21.2. The third-order valence-electron chi connectivity index (χ3n) is 4.76. The van der Waals surface area contributed by atoms with Gasteiger partial charge in [0.1, 0.15) is 5.76 Å². The Hall–Kier alpha value is -3.03. The number of nitrogens with one attached hydrogen (secondary N) is 1. The largest absolute Gasteiger partial charge is 0.455 e. The standard InChI is InChI=1S/C23H19ClN4O2S/c1-2-12-31-23-26-22-20(27-28-23)16-8-3-4-9-17(16)25-21(30-22)19-11-10-18(29-19)14-6-5-7-15(24)13-14/h3-11,13,21,25H,2,12H2,1H3/t21-/m0/s1. The van der Waals surface area contributed by atoms with E-state index in [1.165, 1.54) is 0 Å². The van der Waals surface area contributed by atoms with Crippen molar-refractivity contribution < 1.29 is 9.15 Å². The number of hydrogen-bond donors (Lipinski definition) is 1. The molecule has 0 spiro atoms. The van der Waals surface area contributed by atoms with Crippen molar-refractivity contribution in [2.45, 2.75) is 24.7 Å². The summed E-state index contributed by atoms with van der Waals surface area (Å²) in [5.74, 6) is 2.68. The van der Waals surface area contributed by atoms with Gasteiger partial charge in [-0.3, -0.25) is 0 Å². The van der Waals surface area contributed by atoms with Gasteiger partial charge in [0, 0.05) is 27.6 Å². The highest BCUT2D eigenvalue weighted by Crippen LogP contribution is 2.40. The van der Waals surface area contributed by atoms with E-state index in [2.05, 4.69) is 27.4 Å². The molecule has 5 rings (SSSR count). The van der Waals surface area contributed by atoms with E-state index in [4.69, 9.17) is 20.8 Å². The summed E-state index contributed by atoms with van der Waals surface area (Å²) in [5, 5.41) is 13.4. The van der Waals surface area contributed by atoms with Crippen LogP contribution in [-0.2, 0) is 0 Å². The van der Waals surface area contributed by atoms with E-state index in [0.29, 0.717) is 33.3 Å². The molecule has 0 aliphatic carbocycles. The van der Waals surface area contributed by atoms with Crippen LogP contribution in [0, 0.1) is 0 Å². The lowest BCUT2D eigenvalue weighted by atomic mass is 10.1. The molecule has 1 N–H and O–H groups in total. The number of hydrogen-bond acceptors (Lipinski definition) is 7. The fourth-order valence-corrected chi connectivity index (χ4v) is 4.14. The number of ether oxygens (including phenoxy) is 1. The SMILES string of the molecule is CCCSc1nnc2c(n1)O[C@@H](c1ccc(-c3cccc(Cl)c3)o1)Nc1ccccc1-2. The number of furan rings is 1. The summed E-state index contributed by atoms with van der Waals surface area (Å²) in [6, 6.07) is 19.2. The van der Waals surface area contributed by atoms with Gasteiger partial charge in [-0.25, -0.2) is 0 Å². The fourth-order valence-electron chi connectivity index (χ4n) is 3.32. The van der Waals surface area contributed by atoms with Crippen molar-refractivity contribution in [3.05, 3.63) is 71.4 Å². The first kappa shape index (κ1) is 19.9. The molecule has 8 heteroatoms. The number of aromatic nitrogens is 3. The Labute approximate surface area is 189 Å². The summed E-state index contributed by atoms with van der Waals surface area (Å²) in [7, 11) is 0. The first-order valence-electron chi connectivity index (χ1n) is 9.97. The smallest absolute Gasteiger partial charge is 0.247 e. The van der Waals surface area contributed by atoms with Gasteiger partial charge in [-0.1, -0.05) is 60.6 Å². The number of anilines is 1. The van der Waals surface area contributed by atoms with E-state index in [1.807, 2.05) is 60.7 Å². The molecule has 0 unspecified atom stereocenters. The minimum Gasteiger partial charge on any atom is -0.455 e. The topological polar surface area (TPSA) is 73.1 Å². The number of nitrogens with zero attached hydrogens (tertiary/aromatic N) is 3. The number of rotatable bonds is 5. The number of fused-ring (bicyclic) bond motifs is 3. The maximum Gasteiger partial charge on any atom is 0.247 e. The minimum absolute atomic E-state index is 0.428. The Morgan fingerprint density at radius 1 is 1.06 bits per heavy atom. The predicted octanol–water partition coefficient (Wildman–Crippen LogP) is 6.46. The molecule has 0 fully saturated rings. The summed E-state index contributed by atoms with van der Waals surface area (Å²) in [4.78, 5) is 4.63. The van der Waals surface area contributed by atoms with Gasteiger partial charge in [0.05, 0.1) is 0 Å². The van der Waals surface area contributed by atoms with E-state index in [9.17, 15) is 0 Å².